The molecular formula is C15H21NO. The third-order valence-corrected chi connectivity index (χ3v) is 5.00. The average Bonchev–Trinajstić information content (AvgIpc) is 2.41. The zero-order valence-corrected chi connectivity index (χ0v) is 10.4. The Morgan fingerprint density at radius 3 is 3.00 bits per heavy atom. The van der Waals surface area contributed by atoms with Crippen LogP contribution in [0.3, 0.4) is 0 Å². The van der Waals surface area contributed by atoms with Crippen molar-refractivity contribution in [1.82, 2.24) is 0 Å². The monoisotopic (exact) mass is 231 g/mol. The van der Waals surface area contributed by atoms with Gasteiger partial charge in [-0.25, -0.2) is 0 Å². The highest BCUT2D eigenvalue weighted by molar-refractivity contribution is 5.47. The van der Waals surface area contributed by atoms with Gasteiger partial charge < -0.3 is 10.8 Å². The van der Waals surface area contributed by atoms with Crippen LogP contribution in [0.4, 0.5) is 0 Å². The summed E-state index contributed by atoms with van der Waals surface area (Å²) in [5.41, 5.74) is 9.02. The molecule has 0 aliphatic heterocycles. The molecule has 2 unspecified atom stereocenters. The van der Waals surface area contributed by atoms with E-state index in [0.717, 1.165) is 18.4 Å². The number of phenolic OH excluding ortho intramolecular Hbond substituents is 1. The van der Waals surface area contributed by atoms with E-state index in [1.807, 2.05) is 12.1 Å². The van der Waals surface area contributed by atoms with E-state index >= 15 is 0 Å². The van der Waals surface area contributed by atoms with Gasteiger partial charge in [0.05, 0.1) is 0 Å². The predicted octanol–water partition coefficient (Wildman–Crippen LogP) is 2.72. The molecule has 1 aromatic carbocycles. The molecule has 2 aliphatic carbocycles. The van der Waals surface area contributed by atoms with Crippen molar-refractivity contribution in [3.05, 3.63) is 29.3 Å². The van der Waals surface area contributed by atoms with Crippen LogP contribution in [-0.4, -0.2) is 11.1 Å². The van der Waals surface area contributed by atoms with E-state index in [1.54, 1.807) is 0 Å². The van der Waals surface area contributed by atoms with E-state index in [2.05, 4.69) is 13.0 Å². The van der Waals surface area contributed by atoms with Gasteiger partial charge in [0.25, 0.3) is 0 Å². The summed E-state index contributed by atoms with van der Waals surface area (Å²) in [5.74, 6) is 1.01. The van der Waals surface area contributed by atoms with Crippen molar-refractivity contribution in [3.63, 3.8) is 0 Å². The van der Waals surface area contributed by atoms with Gasteiger partial charge in [-0.1, -0.05) is 31.9 Å². The second-order valence-electron chi connectivity index (χ2n) is 5.96. The molecule has 0 heterocycles. The van der Waals surface area contributed by atoms with Gasteiger partial charge in [-0.05, 0) is 42.4 Å². The topological polar surface area (TPSA) is 46.2 Å². The molecule has 1 fully saturated rings. The molecule has 0 aromatic heterocycles. The number of fused-ring (bicyclic) bond motifs is 4. The zero-order chi connectivity index (χ0) is 12.0. The van der Waals surface area contributed by atoms with Crippen LogP contribution in [0.25, 0.3) is 0 Å². The van der Waals surface area contributed by atoms with Crippen LogP contribution < -0.4 is 5.73 Å². The molecule has 3 rings (SSSR count). The minimum absolute atomic E-state index is 0.0630. The zero-order valence-electron chi connectivity index (χ0n) is 10.4. The molecule has 1 aromatic rings. The van der Waals surface area contributed by atoms with Gasteiger partial charge in [-0.3, -0.25) is 0 Å². The number of nitrogens with two attached hydrogens (primary N) is 1. The number of phenols is 1. The molecule has 17 heavy (non-hydrogen) atoms. The lowest BCUT2D eigenvalue weighted by Gasteiger charge is -2.44. The highest BCUT2D eigenvalue weighted by Crippen LogP contribution is 2.48. The molecule has 2 nitrogen and oxygen atoms in total. The maximum Gasteiger partial charge on any atom is 0.119 e. The third kappa shape index (κ3) is 1.50. The summed E-state index contributed by atoms with van der Waals surface area (Å²) >= 11 is 0. The van der Waals surface area contributed by atoms with E-state index in [-0.39, 0.29) is 11.5 Å². The molecular weight excluding hydrogens is 210 g/mol. The first-order valence-electron chi connectivity index (χ1n) is 6.70. The van der Waals surface area contributed by atoms with Gasteiger partial charge in [0.2, 0.25) is 0 Å². The lowest BCUT2D eigenvalue weighted by molar-refractivity contribution is 0.251. The van der Waals surface area contributed by atoms with Crippen molar-refractivity contribution >= 4 is 0 Å². The number of rotatable bonds is 0. The SMILES string of the molecule is C[C@@]12CCCCC(Cc3c(O)cccc31)C2N. The van der Waals surface area contributed by atoms with Crippen LogP contribution in [0, 0.1) is 5.92 Å². The molecule has 1 saturated carbocycles. The van der Waals surface area contributed by atoms with Gasteiger partial charge >= 0.3 is 0 Å². The minimum atomic E-state index is 0.0630. The maximum atomic E-state index is 10.1. The van der Waals surface area contributed by atoms with Crippen molar-refractivity contribution < 1.29 is 5.11 Å². The van der Waals surface area contributed by atoms with Crippen molar-refractivity contribution in [2.75, 3.05) is 0 Å². The Balaban J connectivity index is 2.19. The fraction of sp³-hybridized carbons (Fsp3) is 0.600. The number of hydrogen-bond donors (Lipinski definition) is 2. The van der Waals surface area contributed by atoms with E-state index in [1.165, 1.54) is 24.8 Å². The Morgan fingerprint density at radius 1 is 1.35 bits per heavy atom. The van der Waals surface area contributed by atoms with E-state index in [0.29, 0.717) is 11.7 Å². The first-order valence-corrected chi connectivity index (χ1v) is 6.70. The van der Waals surface area contributed by atoms with Crippen LogP contribution in [0.2, 0.25) is 0 Å². The lowest BCUT2D eigenvalue weighted by Crippen LogP contribution is -2.51. The van der Waals surface area contributed by atoms with Crippen LogP contribution in [0.1, 0.15) is 43.7 Å². The quantitative estimate of drug-likeness (QED) is 0.721. The summed E-state index contributed by atoms with van der Waals surface area (Å²) < 4.78 is 0. The van der Waals surface area contributed by atoms with Crippen LogP contribution in [0.15, 0.2) is 18.2 Å². The van der Waals surface area contributed by atoms with Crippen LogP contribution >= 0.6 is 0 Å². The maximum absolute atomic E-state index is 10.1. The van der Waals surface area contributed by atoms with E-state index < -0.39 is 0 Å². The van der Waals surface area contributed by atoms with Crippen molar-refractivity contribution in [2.24, 2.45) is 11.7 Å². The second kappa shape index (κ2) is 3.74. The van der Waals surface area contributed by atoms with Gasteiger partial charge in [0.1, 0.15) is 5.75 Å². The van der Waals surface area contributed by atoms with E-state index in [4.69, 9.17) is 5.73 Å². The molecule has 0 radical (unpaired) electrons. The summed E-state index contributed by atoms with van der Waals surface area (Å²) in [6.45, 7) is 2.29. The highest BCUT2D eigenvalue weighted by atomic mass is 16.3. The normalized spacial score (nSPS) is 36.1. The standard InChI is InChI=1S/C15H21NO/c1-15-8-3-2-5-10(14(15)16)9-11-12(15)6-4-7-13(11)17/h4,6-7,10,14,17H,2-3,5,8-9,16H2,1H3/t10?,14?,15-/m1/s1. The number of hydrogen-bond acceptors (Lipinski definition) is 2. The molecule has 0 amide bonds. The second-order valence-corrected chi connectivity index (χ2v) is 5.96. The van der Waals surface area contributed by atoms with Crippen LogP contribution in [0.5, 0.6) is 5.75 Å². The Kier molecular flexibility index (Phi) is 2.44. The molecule has 3 atom stereocenters. The molecule has 3 N–H and O–H groups in total. The Bertz CT molecular complexity index is 443. The fourth-order valence-electron chi connectivity index (χ4n) is 3.89. The molecule has 0 saturated heterocycles. The molecule has 92 valence electrons. The summed E-state index contributed by atoms with van der Waals surface area (Å²) in [7, 11) is 0. The smallest absolute Gasteiger partial charge is 0.119 e. The largest absolute Gasteiger partial charge is 0.508 e. The molecule has 2 heteroatoms. The Labute approximate surface area is 103 Å². The first-order chi connectivity index (χ1) is 8.13. The lowest BCUT2D eigenvalue weighted by atomic mass is 9.63. The number of aromatic hydroxyl groups is 1. The summed E-state index contributed by atoms with van der Waals surface area (Å²) in [6, 6.07) is 6.18. The number of benzene rings is 1. The fourth-order valence-corrected chi connectivity index (χ4v) is 3.89. The van der Waals surface area contributed by atoms with Crippen molar-refractivity contribution in [1.29, 1.82) is 0 Å². The van der Waals surface area contributed by atoms with Crippen molar-refractivity contribution in [3.8, 4) is 5.75 Å². The molecule has 0 spiro atoms. The Hall–Kier alpha value is -1.02. The van der Waals surface area contributed by atoms with Gasteiger partial charge in [0.15, 0.2) is 0 Å². The van der Waals surface area contributed by atoms with E-state index in [9.17, 15) is 5.11 Å². The van der Waals surface area contributed by atoms with Crippen molar-refractivity contribution in [2.45, 2.75) is 50.5 Å². The predicted molar refractivity (Wildman–Crippen MR) is 69.1 cm³/mol. The molecule has 2 aliphatic rings. The van der Waals surface area contributed by atoms with Gasteiger partial charge in [0, 0.05) is 11.5 Å². The van der Waals surface area contributed by atoms with Gasteiger partial charge in [-0.15, -0.1) is 0 Å². The van der Waals surface area contributed by atoms with Crippen LogP contribution in [-0.2, 0) is 11.8 Å². The summed E-state index contributed by atoms with van der Waals surface area (Å²) in [4.78, 5) is 0. The molecule has 2 bridgehead atoms. The summed E-state index contributed by atoms with van der Waals surface area (Å²) in [6.07, 6.45) is 5.86. The summed E-state index contributed by atoms with van der Waals surface area (Å²) in [5, 5.41) is 10.1. The average molecular weight is 231 g/mol. The van der Waals surface area contributed by atoms with Gasteiger partial charge in [-0.2, -0.15) is 0 Å². The minimum Gasteiger partial charge on any atom is -0.508 e. The third-order valence-electron chi connectivity index (χ3n) is 5.00. The Morgan fingerprint density at radius 2 is 2.18 bits per heavy atom. The first kappa shape index (κ1) is 11.1. The highest BCUT2D eigenvalue weighted by Gasteiger charge is 2.45.